The molecule has 1 saturated heterocycles. The predicted molar refractivity (Wildman–Crippen MR) is 111 cm³/mol. The number of nitrogens with one attached hydrogen (secondary N) is 1. The monoisotopic (exact) mass is 421 g/mol. The van der Waals surface area contributed by atoms with E-state index in [1.807, 2.05) is 42.3 Å². The van der Waals surface area contributed by atoms with E-state index < -0.39 is 10.0 Å². The van der Waals surface area contributed by atoms with Crippen molar-refractivity contribution in [3.63, 3.8) is 0 Å². The lowest BCUT2D eigenvalue weighted by Crippen LogP contribution is -2.33. The maximum absolute atomic E-state index is 12.7. The van der Waals surface area contributed by atoms with Gasteiger partial charge in [0.15, 0.2) is 0 Å². The summed E-state index contributed by atoms with van der Waals surface area (Å²) in [5.74, 6) is -0.384. The minimum absolute atomic E-state index is 0.102. The molecular formula is C20H24ClN3O3S. The zero-order valence-electron chi connectivity index (χ0n) is 15.8. The molecule has 28 heavy (non-hydrogen) atoms. The Labute approximate surface area is 171 Å². The second-order valence-electron chi connectivity index (χ2n) is 6.77. The normalized spacial score (nSPS) is 14.8. The third kappa shape index (κ3) is 4.66. The Morgan fingerprint density at radius 1 is 1.14 bits per heavy atom. The second kappa shape index (κ2) is 8.94. The Kier molecular flexibility index (Phi) is 6.59. The SMILES string of the molecule is CN(CCNC(=O)c1cc(S(=O)(=O)N2CCCC2)ccc1Cl)c1ccccc1. The van der Waals surface area contributed by atoms with Crippen molar-refractivity contribution in [1.82, 2.24) is 9.62 Å². The number of halogens is 1. The third-order valence-electron chi connectivity index (χ3n) is 4.81. The number of likely N-dealkylation sites (N-methyl/N-ethyl adjacent to an activating group) is 1. The average molecular weight is 422 g/mol. The van der Waals surface area contributed by atoms with E-state index in [1.165, 1.54) is 22.5 Å². The molecule has 0 aromatic heterocycles. The van der Waals surface area contributed by atoms with Gasteiger partial charge in [-0.05, 0) is 43.2 Å². The molecule has 8 heteroatoms. The highest BCUT2D eigenvalue weighted by molar-refractivity contribution is 7.89. The Balaban J connectivity index is 1.66. The first-order valence-corrected chi connectivity index (χ1v) is 11.1. The van der Waals surface area contributed by atoms with E-state index in [1.54, 1.807) is 0 Å². The molecule has 3 rings (SSSR count). The number of sulfonamides is 1. The van der Waals surface area contributed by atoms with E-state index in [4.69, 9.17) is 11.6 Å². The van der Waals surface area contributed by atoms with Gasteiger partial charge in [0.1, 0.15) is 0 Å². The van der Waals surface area contributed by atoms with Gasteiger partial charge in [0.2, 0.25) is 10.0 Å². The minimum Gasteiger partial charge on any atom is -0.373 e. The van der Waals surface area contributed by atoms with Gasteiger partial charge in [-0.3, -0.25) is 4.79 Å². The van der Waals surface area contributed by atoms with Gasteiger partial charge in [-0.25, -0.2) is 8.42 Å². The number of carbonyl (C=O) groups excluding carboxylic acids is 1. The van der Waals surface area contributed by atoms with Crippen molar-refractivity contribution < 1.29 is 13.2 Å². The van der Waals surface area contributed by atoms with Gasteiger partial charge in [-0.2, -0.15) is 4.31 Å². The summed E-state index contributed by atoms with van der Waals surface area (Å²) in [6, 6.07) is 14.1. The summed E-state index contributed by atoms with van der Waals surface area (Å²) in [5, 5.41) is 3.05. The molecule has 1 heterocycles. The Hall–Kier alpha value is -2.09. The van der Waals surface area contributed by atoms with E-state index in [2.05, 4.69) is 5.32 Å². The van der Waals surface area contributed by atoms with Crippen molar-refractivity contribution in [3.05, 3.63) is 59.1 Å². The van der Waals surface area contributed by atoms with Crippen molar-refractivity contribution in [2.24, 2.45) is 0 Å². The zero-order valence-corrected chi connectivity index (χ0v) is 17.3. The molecule has 0 unspecified atom stereocenters. The van der Waals surface area contributed by atoms with Crippen LogP contribution in [-0.2, 0) is 10.0 Å². The lowest BCUT2D eigenvalue weighted by molar-refractivity contribution is 0.0954. The van der Waals surface area contributed by atoms with Crippen LogP contribution in [0.1, 0.15) is 23.2 Å². The second-order valence-corrected chi connectivity index (χ2v) is 9.11. The van der Waals surface area contributed by atoms with Crippen LogP contribution in [0.5, 0.6) is 0 Å². The van der Waals surface area contributed by atoms with Crippen LogP contribution >= 0.6 is 11.6 Å². The van der Waals surface area contributed by atoms with Gasteiger partial charge in [0, 0.05) is 38.9 Å². The molecule has 6 nitrogen and oxygen atoms in total. The maximum atomic E-state index is 12.7. The van der Waals surface area contributed by atoms with Crippen LogP contribution in [-0.4, -0.2) is 51.9 Å². The van der Waals surface area contributed by atoms with Gasteiger partial charge >= 0.3 is 0 Å². The molecule has 0 atom stereocenters. The molecule has 2 aromatic carbocycles. The fourth-order valence-electron chi connectivity index (χ4n) is 3.16. The van der Waals surface area contributed by atoms with E-state index in [0.717, 1.165) is 18.5 Å². The molecule has 0 aliphatic carbocycles. The highest BCUT2D eigenvalue weighted by Crippen LogP contribution is 2.25. The van der Waals surface area contributed by atoms with Crippen molar-refractivity contribution in [2.75, 3.05) is 38.1 Å². The van der Waals surface area contributed by atoms with Crippen LogP contribution in [0.4, 0.5) is 5.69 Å². The van der Waals surface area contributed by atoms with E-state index in [9.17, 15) is 13.2 Å². The van der Waals surface area contributed by atoms with Gasteiger partial charge < -0.3 is 10.2 Å². The Bertz CT molecular complexity index is 929. The standard InChI is InChI=1S/C20H24ClN3O3S/c1-23(16-7-3-2-4-8-16)14-11-22-20(25)18-15-17(9-10-19(18)21)28(26,27)24-12-5-6-13-24/h2-4,7-10,15H,5-6,11-14H2,1H3,(H,22,25). The number of amides is 1. The fourth-order valence-corrected chi connectivity index (χ4v) is 4.91. The third-order valence-corrected chi connectivity index (χ3v) is 7.04. The summed E-state index contributed by atoms with van der Waals surface area (Å²) in [4.78, 5) is 14.7. The molecule has 1 fully saturated rings. The van der Waals surface area contributed by atoms with Gasteiger partial charge in [0.05, 0.1) is 15.5 Å². The van der Waals surface area contributed by atoms with E-state index in [0.29, 0.717) is 26.2 Å². The molecule has 1 aliphatic heterocycles. The highest BCUT2D eigenvalue weighted by Gasteiger charge is 2.28. The first-order chi connectivity index (χ1) is 13.4. The summed E-state index contributed by atoms with van der Waals surface area (Å²) >= 11 is 6.16. The Morgan fingerprint density at radius 2 is 1.82 bits per heavy atom. The molecule has 1 amide bonds. The summed E-state index contributed by atoms with van der Waals surface area (Å²) in [6.45, 7) is 2.04. The van der Waals surface area contributed by atoms with Crippen molar-refractivity contribution in [2.45, 2.75) is 17.7 Å². The molecule has 1 aliphatic rings. The number of anilines is 1. The number of benzene rings is 2. The number of hydrogen-bond donors (Lipinski definition) is 1. The summed E-state index contributed by atoms with van der Waals surface area (Å²) in [7, 11) is -1.65. The minimum atomic E-state index is -3.59. The topological polar surface area (TPSA) is 69.7 Å². The smallest absolute Gasteiger partial charge is 0.252 e. The highest BCUT2D eigenvalue weighted by atomic mass is 35.5. The van der Waals surface area contributed by atoms with E-state index in [-0.39, 0.29) is 21.4 Å². The molecule has 1 N–H and O–H groups in total. The van der Waals surface area contributed by atoms with Crippen LogP contribution in [0.2, 0.25) is 5.02 Å². The Morgan fingerprint density at radius 3 is 2.50 bits per heavy atom. The lowest BCUT2D eigenvalue weighted by atomic mass is 10.2. The largest absolute Gasteiger partial charge is 0.373 e. The van der Waals surface area contributed by atoms with Gasteiger partial charge in [-0.15, -0.1) is 0 Å². The van der Waals surface area contributed by atoms with Crippen LogP contribution in [0.15, 0.2) is 53.4 Å². The number of para-hydroxylation sites is 1. The van der Waals surface area contributed by atoms with E-state index >= 15 is 0 Å². The quantitative estimate of drug-likeness (QED) is 0.746. The fraction of sp³-hybridized carbons (Fsp3) is 0.350. The van der Waals surface area contributed by atoms with Crippen LogP contribution in [0.25, 0.3) is 0 Å². The summed E-state index contributed by atoms with van der Waals surface area (Å²) in [5.41, 5.74) is 1.22. The molecule has 0 spiro atoms. The maximum Gasteiger partial charge on any atom is 0.252 e. The zero-order chi connectivity index (χ0) is 20.1. The molecule has 150 valence electrons. The molecular weight excluding hydrogens is 398 g/mol. The van der Waals surface area contributed by atoms with Crippen LogP contribution < -0.4 is 10.2 Å². The number of nitrogens with zero attached hydrogens (tertiary/aromatic N) is 2. The summed E-state index contributed by atoms with van der Waals surface area (Å²) in [6.07, 6.45) is 1.71. The van der Waals surface area contributed by atoms with Crippen molar-refractivity contribution >= 4 is 33.2 Å². The van der Waals surface area contributed by atoms with Crippen LogP contribution in [0, 0.1) is 0 Å². The first kappa shape index (κ1) is 20.6. The molecule has 0 saturated carbocycles. The van der Waals surface area contributed by atoms with Gasteiger partial charge in [0.25, 0.3) is 5.91 Å². The predicted octanol–water partition coefficient (Wildman–Crippen LogP) is 2.99. The number of rotatable bonds is 7. The van der Waals surface area contributed by atoms with Crippen molar-refractivity contribution in [3.8, 4) is 0 Å². The molecule has 0 bridgehead atoms. The lowest BCUT2D eigenvalue weighted by Gasteiger charge is -2.19. The molecule has 2 aromatic rings. The first-order valence-electron chi connectivity index (χ1n) is 9.23. The average Bonchev–Trinajstić information content (AvgIpc) is 3.24. The number of carbonyl (C=O) groups is 1. The van der Waals surface area contributed by atoms with Crippen LogP contribution in [0.3, 0.4) is 0 Å². The number of hydrogen-bond acceptors (Lipinski definition) is 4. The van der Waals surface area contributed by atoms with Gasteiger partial charge in [-0.1, -0.05) is 29.8 Å². The molecule has 0 radical (unpaired) electrons. The summed E-state index contributed by atoms with van der Waals surface area (Å²) < 4.78 is 26.9. The van der Waals surface area contributed by atoms with Crippen molar-refractivity contribution in [1.29, 1.82) is 0 Å².